The molecule has 0 saturated heterocycles. The molecule has 2 aromatic rings. The highest BCUT2D eigenvalue weighted by Gasteiger charge is 2.39. The highest BCUT2D eigenvalue weighted by atomic mass is 79.9. The molecule has 2 amide bonds. The van der Waals surface area contributed by atoms with Crippen molar-refractivity contribution in [2.45, 2.75) is 39.5 Å². The molecular weight excluding hydrogens is 421 g/mol. The van der Waals surface area contributed by atoms with Gasteiger partial charge in [-0.3, -0.25) is 19.0 Å². The number of amides is 2. The van der Waals surface area contributed by atoms with Crippen molar-refractivity contribution in [2.24, 2.45) is 5.73 Å². The number of alkyl halides is 3. The molecule has 0 spiro atoms. The quantitative estimate of drug-likeness (QED) is 0.750. The van der Waals surface area contributed by atoms with Crippen molar-refractivity contribution in [3.8, 4) is 0 Å². The maximum Gasteiger partial charge on any atom is 0.436 e. The van der Waals surface area contributed by atoms with Crippen molar-refractivity contribution in [3.63, 3.8) is 0 Å². The van der Waals surface area contributed by atoms with Crippen LogP contribution in [0.2, 0.25) is 0 Å². The Morgan fingerprint density at radius 2 is 2.04 bits per heavy atom. The Labute approximate surface area is 154 Å². The molecule has 0 bridgehead atoms. The number of anilines is 1. The third-order valence-corrected chi connectivity index (χ3v) is 4.67. The lowest BCUT2D eigenvalue weighted by Gasteiger charge is -2.14. The summed E-state index contributed by atoms with van der Waals surface area (Å²) in [5.74, 6) is -1.46. The number of hydrogen-bond donors (Lipinski definition) is 2. The number of carbonyl (C=O) groups is 2. The Kier molecular flexibility index (Phi) is 5.44. The van der Waals surface area contributed by atoms with Gasteiger partial charge in [-0.05, 0) is 36.7 Å². The molecule has 0 saturated carbocycles. The van der Waals surface area contributed by atoms with Gasteiger partial charge in [0.1, 0.15) is 11.7 Å². The van der Waals surface area contributed by atoms with Crippen LogP contribution in [0.25, 0.3) is 0 Å². The van der Waals surface area contributed by atoms with E-state index >= 15 is 0 Å². The highest BCUT2D eigenvalue weighted by Crippen LogP contribution is 2.36. The van der Waals surface area contributed by atoms with E-state index in [1.807, 2.05) is 0 Å². The Bertz CT molecular complexity index is 858. The molecule has 0 fully saturated rings. The lowest BCUT2D eigenvalue weighted by Crippen LogP contribution is -2.27. The van der Waals surface area contributed by atoms with E-state index in [1.165, 1.54) is 24.7 Å². The fraction of sp³-hybridized carbons (Fsp3) is 0.429. The maximum absolute atomic E-state index is 13.0. The summed E-state index contributed by atoms with van der Waals surface area (Å²) in [7, 11) is 0. The van der Waals surface area contributed by atoms with Crippen LogP contribution in [0.3, 0.4) is 0 Å². The van der Waals surface area contributed by atoms with Gasteiger partial charge in [-0.25, -0.2) is 0 Å². The zero-order valence-corrected chi connectivity index (χ0v) is 15.6. The lowest BCUT2D eigenvalue weighted by atomic mass is 10.2. The second-order valence-electron chi connectivity index (χ2n) is 5.44. The number of aryl methyl sites for hydroxylation is 1. The topological polar surface area (TPSA) is 108 Å². The van der Waals surface area contributed by atoms with Crippen molar-refractivity contribution in [1.29, 1.82) is 0 Å². The summed E-state index contributed by atoms with van der Waals surface area (Å²) in [5.41, 5.74) is 4.39. The summed E-state index contributed by atoms with van der Waals surface area (Å²) in [6.07, 6.45) is -3.41. The van der Waals surface area contributed by atoms with Gasteiger partial charge in [-0.1, -0.05) is 0 Å². The molecule has 0 aliphatic rings. The van der Waals surface area contributed by atoms with Crippen molar-refractivity contribution < 1.29 is 22.8 Å². The predicted molar refractivity (Wildman–Crippen MR) is 89.4 cm³/mol. The third kappa shape index (κ3) is 3.59. The van der Waals surface area contributed by atoms with Crippen LogP contribution in [0.5, 0.6) is 0 Å². The molecule has 0 aliphatic carbocycles. The SMILES string of the molecule is CCn1ncc(NC(=O)[C@H](C)n2nc(C(F)(F)F)c(Br)c2C)c1C(N)=O. The van der Waals surface area contributed by atoms with Crippen molar-refractivity contribution in [1.82, 2.24) is 19.6 Å². The first kappa shape index (κ1) is 19.9. The van der Waals surface area contributed by atoms with Gasteiger partial charge in [0.15, 0.2) is 5.69 Å². The summed E-state index contributed by atoms with van der Waals surface area (Å²) in [6, 6.07) is -1.08. The third-order valence-electron chi connectivity index (χ3n) is 3.72. The van der Waals surface area contributed by atoms with E-state index in [0.29, 0.717) is 6.54 Å². The van der Waals surface area contributed by atoms with Crippen LogP contribution in [0.4, 0.5) is 18.9 Å². The Hall–Kier alpha value is -2.37. The van der Waals surface area contributed by atoms with E-state index in [4.69, 9.17) is 5.73 Å². The van der Waals surface area contributed by atoms with Crippen LogP contribution in [0, 0.1) is 6.92 Å². The first-order valence-corrected chi connectivity index (χ1v) is 8.26. The molecule has 26 heavy (non-hydrogen) atoms. The minimum Gasteiger partial charge on any atom is -0.364 e. The largest absolute Gasteiger partial charge is 0.436 e. The molecule has 2 aromatic heterocycles. The van der Waals surface area contributed by atoms with Crippen LogP contribution in [0.15, 0.2) is 10.7 Å². The molecule has 3 N–H and O–H groups in total. The Morgan fingerprint density at radius 1 is 1.42 bits per heavy atom. The van der Waals surface area contributed by atoms with Gasteiger partial charge < -0.3 is 11.1 Å². The standard InChI is InChI=1S/C14H16BrF3N6O2/c1-4-23-10(12(19)25)8(5-20-23)21-13(26)7(3)24-6(2)9(15)11(22-24)14(16,17)18/h5,7H,4H2,1-3H3,(H2,19,25)(H,21,26)/t7-/m0/s1. The normalized spacial score (nSPS) is 12.9. The number of primary amides is 1. The minimum absolute atomic E-state index is 0.00222. The number of nitrogens with zero attached hydrogens (tertiary/aromatic N) is 4. The van der Waals surface area contributed by atoms with E-state index in [1.54, 1.807) is 6.92 Å². The van der Waals surface area contributed by atoms with Gasteiger partial charge >= 0.3 is 6.18 Å². The number of nitrogens with two attached hydrogens (primary N) is 1. The summed E-state index contributed by atoms with van der Waals surface area (Å²) in [6.45, 7) is 4.87. The average Bonchev–Trinajstić information content (AvgIpc) is 3.08. The van der Waals surface area contributed by atoms with Crippen molar-refractivity contribution in [2.75, 3.05) is 5.32 Å². The summed E-state index contributed by atoms with van der Waals surface area (Å²) < 4.78 is 40.9. The van der Waals surface area contributed by atoms with Crippen LogP contribution in [0.1, 0.15) is 41.8 Å². The van der Waals surface area contributed by atoms with Gasteiger partial charge in [0.05, 0.1) is 22.1 Å². The second kappa shape index (κ2) is 7.09. The van der Waals surface area contributed by atoms with Crippen molar-refractivity contribution >= 4 is 33.4 Å². The highest BCUT2D eigenvalue weighted by molar-refractivity contribution is 9.10. The monoisotopic (exact) mass is 436 g/mol. The van der Waals surface area contributed by atoms with E-state index in [-0.39, 0.29) is 21.5 Å². The van der Waals surface area contributed by atoms with E-state index in [9.17, 15) is 22.8 Å². The Balaban J connectivity index is 2.32. The lowest BCUT2D eigenvalue weighted by molar-refractivity contribution is -0.142. The van der Waals surface area contributed by atoms with Crippen LogP contribution >= 0.6 is 15.9 Å². The number of halogens is 4. The zero-order chi connectivity index (χ0) is 19.8. The number of rotatable bonds is 5. The van der Waals surface area contributed by atoms with E-state index in [2.05, 4.69) is 31.4 Å². The fourth-order valence-electron chi connectivity index (χ4n) is 2.38. The molecule has 0 unspecified atom stereocenters. The predicted octanol–water partition coefficient (Wildman–Crippen LogP) is 2.49. The number of aromatic nitrogens is 4. The zero-order valence-electron chi connectivity index (χ0n) is 14.1. The molecule has 8 nitrogen and oxygen atoms in total. The molecule has 0 aliphatic heterocycles. The molecular formula is C14H16BrF3N6O2. The Morgan fingerprint density at radius 3 is 2.50 bits per heavy atom. The molecule has 0 aromatic carbocycles. The smallest absolute Gasteiger partial charge is 0.364 e. The minimum atomic E-state index is -4.66. The summed E-state index contributed by atoms with van der Waals surface area (Å²) >= 11 is 2.85. The maximum atomic E-state index is 13.0. The first-order chi connectivity index (χ1) is 12.0. The van der Waals surface area contributed by atoms with E-state index in [0.717, 1.165) is 4.68 Å². The van der Waals surface area contributed by atoms with Crippen LogP contribution < -0.4 is 11.1 Å². The van der Waals surface area contributed by atoms with Crippen LogP contribution in [-0.4, -0.2) is 31.4 Å². The number of carbonyl (C=O) groups excluding carboxylic acids is 2. The van der Waals surface area contributed by atoms with Gasteiger partial charge in [0.25, 0.3) is 5.91 Å². The molecule has 142 valence electrons. The van der Waals surface area contributed by atoms with Gasteiger partial charge in [-0.15, -0.1) is 0 Å². The van der Waals surface area contributed by atoms with Gasteiger partial charge in [0, 0.05) is 6.54 Å². The molecule has 0 radical (unpaired) electrons. The fourth-order valence-corrected chi connectivity index (χ4v) is 2.87. The second-order valence-corrected chi connectivity index (χ2v) is 6.24. The molecule has 2 rings (SSSR count). The molecule has 1 atom stereocenters. The first-order valence-electron chi connectivity index (χ1n) is 7.47. The van der Waals surface area contributed by atoms with Crippen molar-refractivity contribution in [3.05, 3.63) is 27.8 Å². The molecule has 2 heterocycles. The van der Waals surface area contributed by atoms with Gasteiger partial charge in [-0.2, -0.15) is 23.4 Å². The summed E-state index contributed by atoms with van der Waals surface area (Å²) in [4.78, 5) is 24.0. The number of hydrogen-bond acceptors (Lipinski definition) is 4. The number of nitrogens with one attached hydrogen (secondary N) is 1. The van der Waals surface area contributed by atoms with E-state index < -0.39 is 29.7 Å². The average molecular weight is 437 g/mol. The molecule has 12 heteroatoms. The summed E-state index contributed by atoms with van der Waals surface area (Å²) in [5, 5.41) is 9.88. The van der Waals surface area contributed by atoms with Gasteiger partial charge in [0.2, 0.25) is 5.91 Å². The van der Waals surface area contributed by atoms with Crippen LogP contribution in [-0.2, 0) is 17.5 Å².